The highest BCUT2D eigenvalue weighted by atomic mass is 32.2. The van der Waals surface area contributed by atoms with Gasteiger partial charge in [0.25, 0.3) is 0 Å². The van der Waals surface area contributed by atoms with Gasteiger partial charge in [-0.25, -0.2) is 13.4 Å². The molecule has 0 unspecified atom stereocenters. The molecule has 0 atom stereocenters. The number of aromatic nitrogens is 1. The van der Waals surface area contributed by atoms with Crippen LogP contribution >= 0.6 is 0 Å². The van der Waals surface area contributed by atoms with Gasteiger partial charge >= 0.3 is 5.97 Å². The molecule has 0 aromatic carbocycles. The summed E-state index contributed by atoms with van der Waals surface area (Å²) >= 11 is 0. The third-order valence-corrected chi connectivity index (χ3v) is 4.46. The smallest absolute Gasteiger partial charge is 0.321 e. The van der Waals surface area contributed by atoms with Crippen molar-refractivity contribution in [1.82, 2.24) is 9.29 Å². The second kappa shape index (κ2) is 5.98. The monoisotopic (exact) mass is 287 g/mol. The number of hydrogen-bond acceptors (Lipinski definition) is 6. The summed E-state index contributed by atoms with van der Waals surface area (Å²) in [7, 11) is -2.60. The summed E-state index contributed by atoms with van der Waals surface area (Å²) in [5.74, 6) is -0.399. The first-order chi connectivity index (χ1) is 8.78. The van der Waals surface area contributed by atoms with Gasteiger partial charge in [0, 0.05) is 12.2 Å². The van der Waals surface area contributed by atoms with E-state index < -0.39 is 16.0 Å². The summed E-state index contributed by atoms with van der Waals surface area (Å²) in [5.41, 5.74) is 5.41. The van der Waals surface area contributed by atoms with Gasteiger partial charge < -0.3 is 10.5 Å². The largest absolute Gasteiger partial charge is 0.468 e. The van der Waals surface area contributed by atoms with Crippen LogP contribution in [0.5, 0.6) is 0 Å². The molecule has 7 nitrogen and oxygen atoms in total. The Labute approximate surface area is 112 Å². The molecule has 1 aromatic heterocycles. The second-order valence-electron chi connectivity index (χ2n) is 4.14. The fourth-order valence-corrected chi connectivity index (χ4v) is 2.94. The molecule has 0 bridgehead atoms. The number of carbonyl (C=O) groups excluding carboxylic acids is 1. The second-order valence-corrected chi connectivity index (χ2v) is 6.03. The van der Waals surface area contributed by atoms with E-state index in [1.54, 1.807) is 13.8 Å². The maximum Gasteiger partial charge on any atom is 0.321 e. The molecule has 0 aliphatic carbocycles. The number of rotatable bonds is 5. The third-order valence-electron chi connectivity index (χ3n) is 2.45. The van der Waals surface area contributed by atoms with Gasteiger partial charge in [-0.2, -0.15) is 4.31 Å². The third kappa shape index (κ3) is 3.65. The summed E-state index contributed by atoms with van der Waals surface area (Å²) in [4.78, 5) is 15.0. The van der Waals surface area contributed by atoms with E-state index in [2.05, 4.69) is 9.72 Å². The first-order valence-electron chi connectivity index (χ1n) is 5.59. The van der Waals surface area contributed by atoms with E-state index in [0.717, 1.165) is 10.5 Å². The normalized spacial score (nSPS) is 11.8. The number of pyridine rings is 1. The molecular formula is C11H17N3O4S. The van der Waals surface area contributed by atoms with Crippen LogP contribution in [0.15, 0.2) is 23.2 Å². The number of ether oxygens (including phenoxy) is 1. The Morgan fingerprint density at radius 1 is 1.47 bits per heavy atom. The van der Waals surface area contributed by atoms with Gasteiger partial charge in [-0.05, 0) is 26.0 Å². The van der Waals surface area contributed by atoms with Gasteiger partial charge in [0.1, 0.15) is 17.3 Å². The van der Waals surface area contributed by atoms with E-state index in [1.165, 1.54) is 19.2 Å². The van der Waals surface area contributed by atoms with Crippen LogP contribution in [0.4, 0.5) is 5.82 Å². The molecule has 19 heavy (non-hydrogen) atoms. The molecule has 0 aliphatic rings. The van der Waals surface area contributed by atoms with Gasteiger partial charge in [0.2, 0.25) is 10.0 Å². The minimum Gasteiger partial charge on any atom is -0.468 e. The minimum absolute atomic E-state index is 0.0145. The number of sulfonamides is 1. The lowest BCUT2D eigenvalue weighted by Gasteiger charge is -2.24. The number of nitrogens with two attached hydrogens (primary N) is 1. The summed E-state index contributed by atoms with van der Waals surface area (Å²) < 4.78 is 30.3. The highest BCUT2D eigenvalue weighted by Crippen LogP contribution is 2.18. The molecule has 0 spiro atoms. The van der Waals surface area contributed by atoms with Crippen LogP contribution in [0.2, 0.25) is 0 Å². The Morgan fingerprint density at radius 3 is 2.53 bits per heavy atom. The molecule has 0 aliphatic heterocycles. The number of nitrogen functional groups attached to an aromatic ring is 1. The van der Waals surface area contributed by atoms with E-state index >= 15 is 0 Å². The number of anilines is 1. The van der Waals surface area contributed by atoms with Crippen molar-refractivity contribution in [2.75, 3.05) is 19.4 Å². The molecule has 0 fully saturated rings. The van der Waals surface area contributed by atoms with Crippen LogP contribution < -0.4 is 5.73 Å². The van der Waals surface area contributed by atoms with E-state index in [-0.39, 0.29) is 23.3 Å². The van der Waals surface area contributed by atoms with Crippen molar-refractivity contribution in [3.63, 3.8) is 0 Å². The SMILES string of the molecule is COC(=O)CN(C(C)C)S(=O)(=O)c1ccc(N)nc1. The van der Waals surface area contributed by atoms with Crippen molar-refractivity contribution < 1.29 is 17.9 Å². The van der Waals surface area contributed by atoms with Crippen molar-refractivity contribution in [2.24, 2.45) is 0 Å². The molecule has 1 heterocycles. The first kappa shape index (κ1) is 15.4. The Bertz CT molecular complexity index is 540. The number of nitrogens with zero attached hydrogens (tertiary/aromatic N) is 2. The number of methoxy groups -OCH3 is 1. The fourth-order valence-electron chi connectivity index (χ4n) is 1.42. The summed E-state index contributed by atoms with van der Waals surface area (Å²) in [6.07, 6.45) is 1.16. The zero-order valence-electron chi connectivity index (χ0n) is 11.0. The Balaban J connectivity index is 3.13. The van der Waals surface area contributed by atoms with Crippen LogP contribution in [0.25, 0.3) is 0 Å². The van der Waals surface area contributed by atoms with Crippen molar-refractivity contribution >= 4 is 21.8 Å². The quantitative estimate of drug-likeness (QED) is 0.778. The number of hydrogen-bond donors (Lipinski definition) is 1. The molecule has 1 rings (SSSR count). The van der Waals surface area contributed by atoms with E-state index in [1.807, 2.05) is 0 Å². The fraction of sp³-hybridized carbons (Fsp3) is 0.455. The number of carbonyl (C=O) groups is 1. The van der Waals surface area contributed by atoms with Gasteiger partial charge in [0.05, 0.1) is 7.11 Å². The van der Waals surface area contributed by atoms with Crippen LogP contribution in [0.1, 0.15) is 13.8 Å². The summed E-state index contributed by atoms with van der Waals surface area (Å²) in [6.45, 7) is 3.00. The zero-order chi connectivity index (χ0) is 14.6. The predicted molar refractivity (Wildman–Crippen MR) is 69.7 cm³/mol. The lowest BCUT2D eigenvalue weighted by atomic mass is 10.4. The molecule has 1 aromatic rings. The molecule has 0 amide bonds. The molecule has 2 N–H and O–H groups in total. The van der Waals surface area contributed by atoms with Crippen molar-refractivity contribution in [2.45, 2.75) is 24.8 Å². The van der Waals surface area contributed by atoms with Gasteiger partial charge in [0.15, 0.2) is 0 Å². The van der Waals surface area contributed by atoms with Crippen LogP contribution in [0, 0.1) is 0 Å². The average molecular weight is 287 g/mol. The highest BCUT2D eigenvalue weighted by molar-refractivity contribution is 7.89. The van der Waals surface area contributed by atoms with E-state index in [9.17, 15) is 13.2 Å². The molecule has 0 saturated heterocycles. The highest BCUT2D eigenvalue weighted by Gasteiger charge is 2.29. The lowest BCUT2D eigenvalue weighted by Crippen LogP contribution is -2.41. The maximum absolute atomic E-state index is 12.4. The van der Waals surface area contributed by atoms with Crippen molar-refractivity contribution in [3.8, 4) is 0 Å². The number of esters is 1. The summed E-state index contributed by atoms with van der Waals surface area (Å²) in [6, 6.07) is 2.36. The lowest BCUT2D eigenvalue weighted by molar-refractivity contribution is -0.141. The van der Waals surface area contributed by atoms with Crippen LogP contribution in [0.3, 0.4) is 0 Å². The van der Waals surface area contributed by atoms with Crippen LogP contribution in [-0.4, -0.2) is 43.4 Å². The topological polar surface area (TPSA) is 103 Å². The standard InChI is InChI=1S/C11H17N3O4S/c1-8(2)14(7-11(15)18-3)19(16,17)9-4-5-10(12)13-6-9/h4-6,8H,7H2,1-3H3,(H2,12,13). The van der Waals surface area contributed by atoms with E-state index in [0.29, 0.717) is 0 Å². The molecule has 0 radical (unpaired) electrons. The molecule has 106 valence electrons. The molecule has 0 saturated carbocycles. The van der Waals surface area contributed by atoms with Gasteiger partial charge in [-0.15, -0.1) is 0 Å². The predicted octanol–water partition coefficient (Wildman–Crippen LogP) is 0.236. The average Bonchev–Trinajstić information content (AvgIpc) is 2.35. The summed E-state index contributed by atoms with van der Waals surface area (Å²) in [5, 5.41) is 0. The van der Waals surface area contributed by atoms with E-state index in [4.69, 9.17) is 5.73 Å². The van der Waals surface area contributed by atoms with Gasteiger partial charge in [-0.1, -0.05) is 0 Å². The Morgan fingerprint density at radius 2 is 2.11 bits per heavy atom. The van der Waals surface area contributed by atoms with Crippen molar-refractivity contribution in [3.05, 3.63) is 18.3 Å². The molecule has 8 heteroatoms. The van der Waals surface area contributed by atoms with Crippen molar-refractivity contribution in [1.29, 1.82) is 0 Å². The first-order valence-corrected chi connectivity index (χ1v) is 7.03. The zero-order valence-corrected chi connectivity index (χ0v) is 11.8. The van der Waals surface area contributed by atoms with Crippen LogP contribution in [-0.2, 0) is 19.6 Å². The molecular weight excluding hydrogens is 270 g/mol. The minimum atomic E-state index is -3.81. The Kier molecular flexibility index (Phi) is 4.84. The Hall–Kier alpha value is -1.67. The maximum atomic E-state index is 12.4. The van der Waals surface area contributed by atoms with Gasteiger partial charge in [-0.3, -0.25) is 4.79 Å².